The zero-order valence-electron chi connectivity index (χ0n) is 21.5. The van der Waals surface area contributed by atoms with Crippen LogP contribution in [0.4, 0.5) is 0 Å². The maximum Gasteiger partial charge on any atom is 0.336 e. The number of dihydropyridines is 1. The normalized spacial score (nSPS) is 18.8. The first-order valence-corrected chi connectivity index (χ1v) is 12.1. The summed E-state index contributed by atoms with van der Waals surface area (Å²) in [5, 5.41) is 3.35. The van der Waals surface area contributed by atoms with Crippen molar-refractivity contribution < 1.29 is 28.5 Å². The molecule has 0 amide bonds. The maximum absolute atomic E-state index is 13.5. The summed E-state index contributed by atoms with van der Waals surface area (Å²) in [4.78, 5) is 27.0. The molecule has 0 unspecified atom stereocenters. The molecule has 1 N–H and O–H groups in total. The van der Waals surface area contributed by atoms with Gasteiger partial charge < -0.3 is 24.3 Å². The van der Waals surface area contributed by atoms with E-state index >= 15 is 0 Å². The lowest BCUT2D eigenvalue weighted by Gasteiger charge is -2.39. The summed E-state index contributed by atoms with van der Waals surface area (Å²) in [7, 11) is 3.12. The quantitative estimate of drug-likeness (QED) is 0.414. The maximum atomic E-state index is 13.5. The van der Waals surface area contributed by atoms with Gasteiger partial charge in [-0.2, -0.15) is 0 Å². The lowest BCUT2D eigenvalue weighted by Crippen LogP contribution is -2.39. The van der Waals surface area contributed by atoms with Crippen molar-refractivity contribution in [2.75, 3.05) is 27.4 Å². The van der Waals surface area contributed by atoms with Crippen molar-refractivity contribution in [3.05, 3.63) is 76.6 Å². The molecular formula is C29H33NO6. The van der Waals surface area contributed by atoms with Crippen LogP contribution in [0.2, 0.25) is 0 Å². The smallest absolute Gasteiger partial charge is 0.336 e. The number of para-hydroxylation sites is 2. The molecule has 0 aromatic heterocycles. The van der Waals surface area contributed by atoms with Gasteiger partial charge in [0.25, 0.3) is 0 Å². The lowest BCUT2D eigenvalue weighted by atomic mass is 9.68. The highest BCUT2D eigenvalue weighted by atomic mass is 16.6. The van der Waals surface area contributed by atoms with Gasteiger partial charge in [0.2, 0.25) is 0 Å². The second kappa shape index (κ2) is 10.5. The summed E-state index contributed by atoms with van der Waals surface area (Å²) < 4.78 is 22.5. The first kappa shape index (κ1) is 25.4. The standard InChI is InChI=1S/C29H33NO6/c1-18-24(28(32)36-15-14-35-19-10-7-6-8-11-19)25(20-12-9-13-23(33-4)27(20)34-5)26-21(30-18)16-29(2,3)17-22(26)31/h6-13,25,30H,14-17H2,1-5H3/t25-/m0/s1. The van der Waals surface area contributed by atoms with E-state index in [2.05, 4.69) is 19.2 Å². The molecule has 0 fully saturated rings. The molecule has 36 heavy (non-hydrogen) atoms. The van der Waals surface area contributed by atoms with E-state index in [9.17, 15) is 9.59 Å². The number of carbonyl (C=O) groups excluding carboxylic acids is 2. The molecule has 2 aromatic rings. The number of Topliss-reactive ketones (excluding diaryl/α,β-unsaturated/α-hetero) is 1. The van der Waals surface area contributed by atoms with Crippen LogP contribution in [0.5, 0.6) is 17.2 Å². The van der Waals surface area contributed by atoms with Crippen molar-refractivity contribution in [1.82, 2.24) is 5.32 Å². The average Bonchev–Trinajstić information content (AvgIpc) is 2.84. The second-order valence-electron chi connectivity index (χ2n) is 9.81. The Kier molecular flexibility index (Phi) is 7.38. The van der Waals surface area contributed by atoms with Crippen LogP contribution >= 0.6 is 0 Å². The van der Waals surface area contributed by atoms with E-state index in [0.717, 1.165) is 5.70 Å². The predicted octanol–water partition coefficient (Wildman–Crippen LogP) is 4.93. The number of esters is 1. The highest BCUT2D eigenvalue weighted by Gasteiger charge is 2.44. The number of nitrogens with one attached hydrogen (secondary N) is 1. The Morgan fingerprint density at radius 1 is 1.00 bits per heavy atom. The van der Waals surface area contributed by atoms with Crippen molar-refractivity contribution in [2.24, 2.45) is 5.41 Å². The Hall–Kier alpha value is -3.74. The van der Waals surface area contributed by atoms with E-state index < -0.39 is 11.9 Å². The van der Waals surface area contributed by atoms with Gasteiger partial charge in [0.1, 0.15) is 19.0 Å². The van der Waals surface area contributed by atoms with E-state index in [1.165, 1.54) is 0 Å². The molecule has 2 aliphatic rings. The van der Waals surface area contributed by atoms with E-state index in [0.29, 0.717) is 52.5 Å². The van der Waals surface area contributed by atoms with Crippen LogP contribution in [-0.2, 0) is 14.3 Å². The van der Waals surface area contributed by atoms with Crippen LogP contribution in [0.15, 0.2) is 71.1 Å². The third-order valence-corrected chi connectivity index (χ3v) is 6.53. The number of benzene rings is 2. The van der Waals surface area contributed by atoms with Crippen molar-refractivity contribution in [3.8, 4) is 17.2 Å². The fourth-order valence-corrected chi connectivity index (χ4v) is 5.05. The molecule has 0 spiro atoms. The monoisotopic (exact) mass is 491 g/mol. The van der Waals surface area contributed by atoms with Crippen LogP contribution < -0.4 is 19.5 Å². The molecule has 7 nitrogen and oxygen atoms in total. The van der Waals surface area contributed by atoms with Gasteiger partial charge in [0.05, 0.1) is 25.7 Å². The Morgan fingerprint density at radius 3 is 2.44 bits per heavy atom. The Balaban J connectivity index is 1.68. The van der Waals surface area contributed by atoms with Crippen molar-refractivity contribution in [2.45, 2.75) is 39.5 Å². The minimum absolute atomic E-state index is 0.00818. The van der Waals surface area contributed by atoms with Crippen LogP contribution in [0, 0.1) is 5.41 Å². The molecule has 1 aliphatic carbocycles. The van der Waals surface area contributed by atoms with Gasteiger partial charge in [-0.3, -0.25) is 4.79 Å². The molecule has 1 aliphatic heterocycles. The van der Waals surface area contributed by atoms with Gasteiger partial charge in [-0.1, -0.05) is 44.2 Å². The van der Waals surface area contributed by atoms with Gasteiger partial charge in [-0.25, -0.2) is 4.79 Å². The molecule has 2 aromatic carbocycles. The van der Waals surface area contributed by atoms with Gasteiger partial charge >= 0.3 is 5.97 Å². The first-order chi connectivity index (χ1) is 17.3. The molecule has 0 bridgehead atoms. The van der Waals surface area contributed by atoms with Crippen LogP contribution in [0.1, 0.15) is 45.1 Å². The van der Waals surface area contributed by atoms with Crippen LogP contribution in [0.25, 0.3) is 0 Å². The molecule has 0 radical (unpaired) electrons. The van der Waals surface area contributed by atoms with Gasteiger partial charge in [-0.05, 0) is 37.0 Å². The minimum Gasteiger partial charge on any atom is -0.493 e. The van der Waals surface area contributed by atoms with E-state index in [1.54, 1.807) is 20.3 Å². The van der Waals surface area contributed by atoms with Gasteiger partial charge in [0, 0.05) is 29.0 Å². The number of rotatable bonds is 8. The Labute approximate surface area is 212 Å². The summed E-state index contributed by atoms with van der Waals surface area (Å²) in [5.74, 6) is 0.581. The SMILES string of the molecule is COc1cccc([C@H]2C(C(=O)OCCOc3ccccc3)=C(C)NC3=C2C(=O)CC(C)(C)C3)c1OC. The summed E-state index contributed by atoms with van der Waals surface area (Å²) in [6, 6.07) is 14.8. The third kappa shape index (κ3) is 5.10. The van der Waals surface area contributed by atoms with E-state index in [4.69, 9.17) is 18.9 Å². The van der Waals surface area contributed by atoms with Crippen LogP contribution in [-0.4, -0.2) is 39.2 Å². The summed E-state index contributed by atoms with van der Waals surface area (Å²) >= 11 is 0. The number of ether oxygens (including phenoxy) is 4. The van der Waals surface area contributed by atoms with Crippen molar-refractivity contribution in [1.29, 1.82) is 0 Å². The molecule has 1 heterocycles. The van der Waals surface area contributed by atoms with E-state index in [-0.39, 0.29) is 24.4 Å². The van der Waals surface area contributed by atoms with Gasteiger partial charge in [0.15, 0.2) is 17.3 Å². The molecule has 0 saturated heterocycles. The predicted molar refractivity (Wildman–Crippen MR) is 136 cm³/mol. The summed E-state index contributed by atoms with van der Waals surface area (Å²) in [5.41, 5.74) is 2.97. The second-order valence-corrected chi connectivity index (χ2v) is 9.81. The van der Waals surface area contributed by atoms with E-state index in [1.807, 2.05) is 49.4 Å². The fourth-order valence-electron chi connectivity index (χ4n) is 5.05. The molecule has 0 saturated carbocycles. The first-order valence-electron chi connectivity index (χ1n) is 12.1. The number of carbonyl (C=O) groups is 2. The molecule has 1 atom stereocenters. The summed E-state index contributed by atoms with van der Waals surface area (Å²) in [6.45, 7) is 6.27. The number of ketones is 1. The third-order valence-electron chi connectivity index (χ3n) is 6.53. The minimum atomic E-state index is -0.641. The fraction of sp³-hybridized carbons (Fsp3) is 0.379. The molecule has 190 valence electrons. The number of hydrogen-bond donors (Lipinski definition) is 1. The van der Waals surface area contributed by atoms with Crippen LogP contribution in [0.3, 0.4) is 0 Å². The Bertz CT molecular complexity index is 1210. The molecular weight excluding hydrogens is 458 g/mol. The Morgan fingerprint density at radius 2 is 1.75 bits per heavy atom. The molecule has 7 heteroatoms. The zero-order valence-corrected chi connectivity index (χ0v) is 21.5. The highest BCUT2D eigenvalue weighted by Crippen LogP contribution is 2.50. The zero-order chi connectivity index (χ0) is 25.9. The average molecular weight is 492 g/mol. The molecule has 4 rings (SSSR count). The number of hydrogen-bond acceptors (Lipinski definition) is 7. The summed E-state index contributed by atoms with van der Waals surface area (Å²) in [6.07, 6.45) is 1.09. The number of methoxy groups -OCH3 is 2. The highest BCUT2D eigenvalue weighted by molar-refractivity contribution is 6.04. The van der Waals surface area contributed by atoms with Crippen molar-refractivity contribution in [3.63, 3.8) is 0 Å². The lowest BCUT2D eigenvalue weighted by molar-refractivity contribution is -0.140. The largest absolute Gasteiger partial charge is 0.493 e. The van der Waals surface area contributed by atoms with Crippen molar-refractivity contribution >= 4 is 11.8 Å². The topological polar surface area (TPSA) is 83.1 Å². The number of allylic oxidation sites excluding steroid dienone is 3. The van der Waals surface area contributed by atoms with Gasteiger partial charge in [-0.15, -0.1) is 0 Å².